The number of aromatic nitrogens is 7. The van der Waals surface area contributed by atoms with Crippen molar-refractivity contribution in [3.63, 3.8) is 0 Å². The number of ether oxygens (including phenoxy) is 1. The van der Waals surface area contributed by atoms with Gasteiger partial charge in [0.1, 0.15) is 24.4 Å². The van der Waals surface area contributed by atoms with Gasteiger partial charge in [-0.2, -0.15) is 0 Å². The molecule has 0 bridgehead atoms. The zero-order valence-corrected chi connectivity index (χ0v) is 22.6. The molecule has 1 N–H and O–H groups in total. The second-order valence-corrected chi connectivity index (χ2v) is 10.5. The number of para-hydroxylation sites is 1. The van der Waals surface area contributed by atoms with Crippen molar-refractivity contribution in [1.29, 1.82) is 0 Å². The van der Waals surface area contributed by atoms with Crippen molar-refractivity contribution in [2.45, 2.75) is 38.5 Å². The molecule has 1 aliphatic heterocycles. The molecule has 4 heterocycles. The van der Waals surface area contributed by atoms with Crippen molar-refractivity contribution >= 4 is 39.9 Å². The summed E-state index contributed by atoms with van der Waals surface area (Å²) in [6.07, 6.45) is 3.34. The predicted octanol–water partition coefficient (Wildman–Crippen LogP) is 2.85. The van der Waals surface area contributed by atoms with Gasteiger partial charge < -0.3 is 10.1 Å². The number of fused-ring (bicyclic) bond motifs is 1. The number of carbonyl (C=O) groups excluding carboxylic acids is 2. The molecule has 2 amide bonds. The summed E-state index contributed by atoms with van der Waals surface area (Å²) in [5, 5.41) is 24.8. The minimum absolute atomic E-state index is 0.0311. The molecular weight excluding hydrogens is 530 g/mol. The first-order valence-electron chi connectivity index (χ1n) is 13.0. The van der Waals surface area contributed by atoms with Crippen LogP contribution < -0.4 is 10.2 Å². The molecule has 0 unspecified atom stereocenters. The van der Waals surface area contributed by atoms with E-state index < -0.39 is 6.04 Å². The van der Waals surface area contributed by atoms with Gasteiger partial charge in [-0.05, 0) is 77.5 Å². The highest BCUT2D eigenvalue weighted by molar-refractivity contribution is 7.10. The molecule has 2 atom stereocenters. The second kappa shape index (κ2) is 11.3. The van der Waals surface area contributed by atoms with Crippen molar-refractivity contribution in [1.82, 2.24) is 40.5 Å². The zero-order chi connectivity index (χ0) is 27.5. The Balaban J connectivity index is 1.39. The summed E-state index contributed by atoms with van der Waals surface area (Å²) in [5.41, 5.74) is 3.58. The first-order chi connectivity index (χ1) is 19.6. The van der Waals surface area contributed by atoms with Crippen LogP contribution in [0.25, 0.3) is 16.7 Å². The highest BCUT2D eigenvalue weighted by Gasteiger charge is 2.35. The van der Waals surface area contributed by atoms with Crippen LogP contribution in [0.1, 0.15) is 29.3 Å². The van der Waals surface area contributed by atoms with Gasteiger partial charge in [0.25, 0.3) is 0 Å². The molecule has 0 aliphatic carbocycles. The zero-order valence-electron chi connectivity index (χ0n) is 21.8. The lowest BCUT2D eigenvalue weighted by Gasteiger charge is -2.31. The van der Waals surface area contributed by atoms with E-state index in [1.807, 2.05) is 60.8 Å². The summed E-state index contributed by atoms with van der Waals surface area (Å²) in [7, 11) is 0. The number of thiophene rings is 1. The predicted molar refractivity (Wildman–Crippen MR) is 148 cm³/mol. The van der Waals surface area contributed by atoms with E-state index in [0.717, 1.165) is 34.5 Å². The molecule has 2 aromatic carbocycles. The summed E-state index contributed by atoms with van der Waals surface area (Å²) in [6.45, 7) is 2.88. The number of rotatable bonds is 9. The summed E-state index contributed by atoms with van der Waals surface area (Å²) >= 11 is 1.42. The Morgan fingerprint density at radius 3 is 2.83 bits per heavy atom. The van der Waals surface area contributed by atoms with Crippen molar-refractivity contribution in [3.05, 3.63) is 76.7 Å². The largest absolute Gasteiger partial charge is 0.376 e. The molecule has 5 aromatic rings. The quantitative estimate of drug-likeness (QED) is 0.293. The van der Waals surface area contributed by atoms with E-state index in [0.29, 0.717) is 24.4 Å². The Morgan fingerprint density at radius 2 is 2.08 bits per heavy atom. The van der Waals surface area contributed by atoms with Crippen molar-refractivity contribution in [3.8, 4) is 5.69 Å². The average molecular weight is 558 g/mol. The molecule has 6 rings (SSSR count). The Morgan fingerprint density at radius 1 is 1.18 bits per heavy atom. The minimum Gasteiger partial charge on any atom is -0.376 e. The number of carbonyl (C=O) groups is 2. The SMILES string of the molecule is Cc1cc(N(C(=O)Cn2nnc3ccccc32)[C@@H](C(=O)NC[C@H]2CCCO2)c2cccs2)ccc1-n1cnnn1. The van der Waals surface area contributed by atoms with E-state index in [-0.39, 0.29) is 24.5 Å². The van der Waals surface area contributed by atoms with Gasteiger partial charge in [-0.1, -0.05) is 23.4 Å². The topological polar surface area (TPSA) is 133 Å². The van der Waals surface area contributed by atoms with Gasteiger partial charge in [0.05, 0.1) is 17.3 Å². The average Bonchev–Trinajstić information content (AvgIpc) is 3.79. The molecule has 0 saturated carbocycles. The molecule has 40 heavy (non-hydrogen) atoms. The van der Waals surface area contributed by atoms with Crippen molar-refractivity contribution < 1.29 is 14.3 Å². The first kappa shape index (κ1) is 25.8. The number of nitrogens with zero attached hydrogens (tertiary/aromatic N) is 8. The van der Waals surface area contributed by atoms with Crippen molar-refractivity contribution in [2.75, 3.05) is 18.1 Å². The molecule has 0 spiro atoms. The fraction of sp³-hybridized carbons (Fsp3) is 0.296. The van der Waals surface area contributed by atoms with Gasteiger partial charge in [0, 0.05) is 23.7 Å². The summed E-state index contributed by atoms with van der Waals surface area (Å²) in [4.78, 5) is 30.3. The van der Waals surface area contributed by atoms with E-state index in [2.05, 4.69) is 31.2 Å². The van der Waals surface area contributed by atoms with Gasteiger partial charge in [0.15, 0.2) is 0 Å². The van der Waals surface area contributed by atoms with E-state index >= 15 is 0 Å². The second-order valence-electron chi connectivity index (χ2n) is 9.52. The summed E-state index contributed by atoms with van der Waals surface area (Å²) < 4.78 is 8.82. The van der Waals surface area contributed by atoms with Gasteiger partial charge in [-0.3, -0.25) is 14.5 Å². The van der Waals surface area contributed by atoms with E-state index in [1.165, 1.54) is 17.7 Å². The number of benzene rings is 2. The van der Waals surface area contributed by atoms with Crippen LogP contribution in [0.2, 0.25) is 0 Å². The van der Waals surface area contributed by atoms with Crippen molar-refractivity contribution in [2.24, 2.45) is 0 Å². The van der Waals surface area contributed by atoms with Crippen LogP contribution in [0.4, 0.5) is 5.69 Å². The molecule has 1 aliphatic rings. The number of anilines is 1. The molecule has 1 fully saturated rings. The fourth-order valence-electron chi connectivity index (χ4n) is 4.93. The number of nitrogens with one attached hydrogen (secondary N) is 1. The number of hydrogen-bond acceptors (Lipinski definition) is 9. The maximum absolute atomic E-state index is 14.2. The van der Waals surface area contributed by atoms with Gasteiger partial charge >= 0.3 is 0 Å². The highest BCUT2D eigenvalue weighted by Crippen LogP contribution is 2.33. The lowest BCUT2D eigenvalue weighted by atomic mass is 10.1. The molecule has 3 aromatic heterocycles. The van der Waals surface area contributed by atoms with Gasteiger partial charge in [-0.15, -0.1) is 21.5 Å². The molecule has 13 heteroatoms. The lowest BCUT2D eigenvalue weighted by Crippen LogP contribution is -2.46. The van der Waals surface area contributed by atoms with Crippen LogP contribution in [0.5, 0.6) is 0 Å². The van der Waals surface area contributed by atoms with E-state index in [4.69, 9.17) is 4.74 Å². The molecule has 204 valence electrons. The first-order valence-corrected chi connectivity index (χ1v) is 13.8. The van der Waals surface area contributed by atoms with Crippen LogP contribution in [0, 0.1) is 6.92 Å². The normalized spacial score (nSPS) is 15.8. The molecular formula is C27H27N9O3S. The monoisotopic (exact) mass is 557 g/mol. The highest BCUT2D eigenvalue weighted by atomic mass is 32.1. The molecule has 0 radical (unpaired) electrons. The standard InChI is InChI=1S/C27H27N9O3S/c1-18-14-19(10-11-22(18)35-17-29-31-33-35)36(25(37)16-34-23-8-3-2-7-21(23)30-32-34)26(24-9-5-13-40-24)27(38)28-15-20-6-4-12-39-20/h2-3,5,7-11,13-14,17,20,26H,4,6,12,15-16H2,1H3,(H,28,38)/t20-,26-/m1/s1. The third-order valence-corrected chi connectivity index (χ3v) is 7.80. The Hall–Kier alpha value is -4.49. The van der Waals surface area contributed by atoms with Crippen LogP contribution >= 0.6 is 11.3 Å². The number of amides is 2. The Labute approximate surface area is 233 Å². The maximum Gasteiger partial charge on any atom is 0.249 e. The third kappa shape index (κ3) is 5.20. The summed E-state index contributed by atoms with van der Waals surface area (Å²) in [5.74, 6) is -0.590. The lowest BCUT2D eigenvalue weighted by molar-refractivity contribution is -0.127. The maximum atomic E-state index is 14.2. The molecule has 1 saturated heterocycles. The van der Waals surface area contributed by atoms with E-state index in [9.17, 15) is 9.59 Å². The minimum atomic E-state index is -0.901. The number of hydrogen-bond donors (Lipinski definition) is 1. The summed E-state index contributed by atoms with van der Waals surface area (Å²) in [6, 6.07) is 15.8. The fourth-order valence-corrected chi connectivity index (χ4v) is 5.74. The number of tetrazole rings is 1. The number of aryl methyl sites for hydroxylation is 1. The van der Waals surface area contributed by atoms with Gasteiger partial charge in [-0.25, -0.2) is 9.36 Å². The molecule has 12 nitrogen and oxygen atoms in total. The third-order valence-electron chi connectivity index (χ3n) is 6.88. The van der Waals surface area contributed by atoms with Crippen LogP contribution in [0.3, 0.4) is 0 Å². The Bertz CT molecular complexity index is 1610. The van der Waals surface area contributed by atoms with Crippen LogP contribution in [-0.4, -0.2) is 66.3 Å². The van der Waals surface area contributed by atoms with Gasteiger partial charge in [0.2, 0.25) is 11.8 Å². The van der Waals surface area contributed by atoms with Crippen LogP contribution in [-0.2, 0) is 20.9 Å². The van der Waals surface area contributed by atoms with Crippen LogP contribution in [0.15, 0.2) is 66.3 Å². The smallest absolute Gasteiger partial charge is 0.249 e. The van der Waals surface area contributed by atoms with E-state index in [1.54, 1.807) is 20.3 Å². The Kier molecular flexibility index (Phi) is 7.29.